The number of thiophene rings is 1. The normalized spacial score (nSPS) is 21.7. The van der Waals surface area contributed by atoms with Gasteiger partial charge in [0.25, 0.3) is 0 Å². The van der Waals surface area contributed by atoms with Crippen LogP contribution in [0.2, 0.25) is 5.02 Å². The van der Waals surface area contributed by atoms with Gasteiger partial charge >= 0.3 is 0 Å². The van der Waals surface area contributed by atoms with E-state index in [4.69, 9.17) is 36.5 Å². The van der Waals surface area contributed by atoms with Crippen molar-refractivity contribution in [1.29, 1.82) is 5.26 Å². The van der Waals surface area contributed by atoms with Crippen molar-refractivity contribution in [2.45, 2.75) is 64.2 Å². The molecule has 1 aromatic heterocycles. The van der Waals surface area contributed by atoms with Crippen molar-refractivity contribution in [3.63, 3.8) is 0 Å². The number of nitrogen functional groups attached to an aromatic ring is 1. The molecule has 0 aliphatic carbocycles. The number of anilines is 1. The van der Waals surface area contributed by atoms with Crippen LogP contribution in [0.3, 0.4) is 0 Å². The number of methoxy groups -OCH3 is 2. The summed E-state index contributed by atoms with van der Waals surface area (Å²) >= 11 is 7.76. The van der Waals surface area contributed by atoms with E-state index in [0.29, 0.717) is 74.6 Å². The number of nitrogens with two attached hydrogens (primary N) is 1. The Morgan fingerprint density at radius 3 is 2.73 bits per heavy atom. The lowest BCUT2D eigenvalue weighted by Crippen LogP contribution is -2.44. The average molecular weight is 718 g/mol. The Morgan fingerprint density at radius 2 is 2.04 bits per heavy atom. The van der Waals surface area contributed by atoms with Crippen LogP contribution < -0.4 is 5.73 Å². The van der Waals surface area contributed by atoms with Gasteiger partial charge in [0.05, 0.1) is 41.7 Å². The van der Waals surface area contributed by atoms with Crippen LogP contribution in [0.15, 0.2) is 35.2 Å². The van der Waals surface area contributed by atoms with Crippen molar-refractivity contribution in [3.8, 4) is 17.2 Å². The maximum atomic E-state index is 16.4. The number of allylic oxidation sites excluding steroid dienone is 1. The largest absolute Gasteiger partial charge is 0.481 e. The Kier molecular flexibility index (Phi) is 12.5. The highest BCUT2D eigenvalue weighted by Gasteiger charge is 2.35. The molecule has 0 radical (unpaired) electrons. The topological polar surface area (TPSA) is 96.3 Å². The van der Waals surface area contributed by atoms with Gasteiger partial charge in [0.1, 0.15) is 34.7 Å². The number of aliphatic imine (C=N–C) groups is 1. The van der Waals surface area contributed by atoms with Gasteiger partial charge < -0.3 is 24.8 Å². The summed E-state index contributed by atoms with van der Waals surface area (Å²) < 4.78 is 60.6. The number of amidine groups is 1. The van der Waals surface area contributed by atoms with E-state index in [1.54, 1.807) is 20.1 Å². The van der Waals surface area contributed by atoms with E-state index in [1.807, 2.05) is 24.0 Å². The van der Waals surface area contributed by atoms with E-state index in [-0.39, 0.29) is 42.8 Å². The molecule has 2 N–H and O–H groups in total. The summed E-state index contributed by atoms with van der Waals surface area (Å²) in [6, 6.07) is 6.86. The maximum Gasteiger partial charge on any atom is 0.210 e. The van der Waals surface area contributed by atoms with E-state index in [9.17, 15) is 14.0 Å². The number of fused-ring (bicyclic) bond motifs is 2. The monoisotopic (exact) mass is 717 g/mol. The molecule has 6 rings (SSSR count). The molecule has 3 aromatic rings. The predicted octanol–water partition coefficient (Wildman–Crippen LogP) is 7.84. The van der Waals surface area contributed by atoms with Gasteiger partial charge in [-0.3, -0.25) is 4.90 Å². The molecule has 3 aliphatic heterocycles. The molecule has 3 aliphatic rings. The Hall–Kier alpha value is -3.34. The minimum Gasteiger partial charge on any atom is -0.481 e. The molecular weight excluding hydrogens is 675 g/mol. The third kappa shape index (κ3) is 7.86. The van der Waals surface area contributed by atoms with Crippen LogP contribution >= 0.6 is 22.9 Å². The van der Waals surface area contributed by atoms with E-state index in [1.165, 1.54) is 32.1 Å². The molecule has 2 aromatic carbocycles. The Balaban J connectivity index is 0.000000444. The second-order valence-electron chi connectivity index (χ2n) is 12.4. The average Bonchev–Trinajstić information content (AvgIpc) is 3.71. The SMILES string of the molecule is CC/C=C(/N=C(\c1cc(Cl)c(-c2ccc(F)c3sc(N)c(C#N)c23)c(F)c1C)N1CCOCCC1COC)OC.FC1CC2CCCN2C1. The number of alkyl halides is 1. The Bertz CT molecular complexity index is 1750. The van der Waals surface area contributed by atoms with Crippen molar-refractivity contribution < 1.29 is 27.4 Å². The molecule has 13 heteroatoms. The number of hydrogen-bond donors (Lipinski definition) is 1. The molecule has 49 heavy (non-hydrogen) atoms. The van der Waals surface area contributed by atoms with Gasteiger partial charge in [-0.25, -0.2) is 13.2 Å². The summed E-state index contributed by atoms with van der Waals surface area (Å²) in [4.78, 5) is 9.15. The highest BCUT2D eigenvalue weighted by Crippen LogP contribution is 2.44. The number of hydrogen-bond acceptors (Lipinski definition) is 8. The highest BCUT2D eigenvalue weighted by atomic mass is 35.5. The third-order valence-electron chi connectivity index (χ3n) is 9.31. The minimum atomic E-state index is -0.607. The summed E-state index contributed by atoms with van der Waals surface area (Å²) in [5.74, 6) is -0.296. The zero-order chi connectivity index (χ0) is 35.2. The van der Waals surface area contributed by atoms with Crippen molar-refractivity contribution in [3.05, 3.63) is 63.5 Å². The summed E-state index contributed by atoms with van der Waals surface area (Å²) in [5, 5.41) is 10.2. The number of halogens is 4. The second kappa shape index (κ2) is 16.6. The Labute approximate surface area is 294 Å². The highest BCUT2D eigenvalue weighted by molar-refractivity contribution is 7.23. The molecule has 0 spiro atoms. The molecule has 0 amide bonds. The first kappa shape index (κ1) is 36.9. The van der Waals surface area contributed by atoms with Crippen LogP contribution in [-0.2, 0) is 14.2 Å². The van der Waals surface area contributed by atoms with Gasteiger partial charge in [-0.05, 0) is 74.9 Å². The van der Waals surface area contributed by atoms with Gasteiger partial charge in [-0.2, -0.15) is 10.3 Å². The quantitative estimate of drug-likeness (QED) is 0.151. The van der Waals surface area contributed by atoms with E-state index in [0.717, 1.165) is 24.3 Å². The fourth-order valence-electron chi connectivity index (χ4n) is 6.93. The summed E-state index contributed by atoms with van der Waals surface area (Å²) in [7, 11) is 3.16. The molecule has 0 saturated carbocycles. The molecule has 8 nitrogen and oxygen atoms in total. The second-order valence-corrected chi connectivity index (χ2v) is 13.8. The van der Waals surface area contributed by atoms with Crippen LogP contribution in [0, 0.1) is 29.9 Å². The molecule has 4 heterocycles. The van der Waals surface area contributed by atoms with E-state index >= 15 is 4.39 Å². The first-order chi connectivity index (χ1) is 23.6. The zero-order valence-corrected chi connectivity index (χ0v) is 29.9. The van der Waals surface area contributed by atoms with Crippen LogP contribution in [-0.4, -0.2) is 87.6 Å². The molecule has 3 atom stereocenters. The van der Waals surface area contributed by atoms with Crippen molar-refractivity contribution >= 4 is 43.9 Å². The first-order valence-electron chi connectivity index (χ1n) is 16.6. The lowest BCUT2D eigenvalue weighted by molar-refractivity contribution is 0.127. The molecule has 0 bridgehead atoms. The lowest BCUT2D eigenvalue weighted by atomic mass is 9.94. The molecule has 3 saturated heterocycles. The molecular formula is C36H43ClF3N5O3S. The van der Waals surface area contributed by atoms with Gasteiger partial charge in [-0.1, -0.05) is 24.6 Å². The van der Waals surface area contributed by atoms with Crippen LogP contribution in [0.4, 0.5) is 18.2 Å². The summed E-state index contributed by atoms with van der Waals surface area (Å²) in [5.41, 5.74) is 7.21. The smallest absolute Gasteiger partial charge is 0.210 e. The maximum absolute atomic E-state index is 16.4. The number of rotatable bonds is 7. The fourth-order valence-corrected chi connectivity index (χ4v) is 8.18. The molecule has 3 fully saturated rings. The van der Waals surface area contributed by atoms with Crippen molar-refractivity contribution in [2.75, 3.05) is 59.4 Å². The number of benzene rings is 2. The van der Waals surface area contributed by atoms with Gasteiger partial charge in [0.2, 0.25) is 5.88 Å². The molecule has 264 valence electrons. The van der Waals surface area contributed by atoms with Gasteiger partial charge in [0.15, 0.2) is 0 Å². The van der Waals surface area contributed by atoms with Crippen LogP contribution in [0.5, 0.6) is 0 Å². The fraction of sp³-hybridized carbons (Fsp3) is 0.500. The number of nitriles is 1. The lowest BCUT2D eigenvalue weighted by Gasteiger charge is -2.33. The standard InChI is InChI=1S/C29H31ClF2N4O3S.C7H12FN/c1-5-6-23(38-4)35-29(36-10-12-39-11-9-17(36)15-37-3)19-13-21(30)25(26(32)16(19)2)18-7-8-22(31)27-24(18)20(14-33)28(34)40-27;8-6-4-7-2-1-3-9(7)5-6/h6-8,13,17H,5,9-12,15,34H2,1-4H3;6-7H,1-5H2/b23-6-,35-29+;. The molecule has 3 unspecified atom stereocenters. The Morgan fingerprint density at radius 1 is 1.24 bits per heavy atom. The van der Waals surface area contributed by atoms with Crippen molar-refractivity contribution in [2.24, 2.45) is 4.99 Å². The summed E-state index contributed by atoms with van der Waals surface area (Å²) in [6.45, 7) is 7.39. The number of ether oxygens (including phenoxy) is 3. The third-order valence-corrected chi connectivity index (χ3v) is 10.6. The zero-order valence-electron chi connectivity index (χ0n) is 28.3. The van der Waals surface area contributed by atoms with Crippen molar-refractivity contribution in [1.82, 2.24) is 9.80 Å². The number of nitrogens with zero attached hydrogens (tertiary/aromatic N) is 4. The van der Waals surface area contributed by atoms with Gasteiger partial charge in [0, 0.05) is 49.4 Å². The van der Waals surface area contributed by atoms with Gasteiger partial charge in [-0.15, -0.1) is 11.3 Å². The predicted molar refractivity (Wildman–Crippen MR) is 190 cm³/mol. The summed E-state index contributed by atoms with van der Waals surface area (Å²) in [6.07, 6.45) is 6.02. The van der Waals surface area contributed by atoms with E-state index in [2.05, 4.69) is 4.90 Å². The van der Waals surface area contributed by atoms with Crippen LogP contribution in [0.1, 0.15) is 55.7 Å². The first-order valence-corrected chi connectivity index (χ1v) is 17.8. The minimum absolute atomic E-state index is 0.0604. The van der Waals surface area contributed by atoms with Crippen LogP contribution in [0.25, 0.3) is 21.2 Å². The van der Waals surface area contributed by atoms with E-state index < -0.39 is 17.8 Å².